The molecule has 10 nitrogen and oxygen atoms in total. The lowest BCUT2D eigenvalue weighted by Gasteiger charge is -2.67. The van der Waals surface area contributed by atoms with Gasteiger partial charge < -0.3 is 45.6 Å². The monoisotopic (exact) mass is 734 g/mol. The van der Waals surface area contributed by atoms with Crippen LogP contribution in [0.5, 0.6) is 11.5 Å². The van der Waals surface area contributed by atoms with E-state index >= 15 is 0 Å². The van der Waals surface area contributed by atoms with Crippen LogP contribution in [0.1, 0.15) is 103 Å². The maximum absolute atomic E-state index is 14.8. The van der Waals surface area contributed by atoms with E-state index < -0.39 is 75.2 Å². The van der Waals surface area contributed by atoms with Crippen molar-refractivity contribution in [1.82, 2.24) is 0 Å². The standard InChI is InChI=1S/C43H58O10/c1-22-36(50)43(24-7-11-37(22,2)12-8-24)41(51,13-14-44)35-30(53-43)20-42(52)27-18-28(47)32-31(23-15-25(45)17-26(46)16-23)33(49)29(48)19-38(32,3)34(27)40(9-5-6-10-40)21-39(35,42)4/h7,11,15-18,22,24,29-36,44-46,48-52H,5-6,8-10,12-14,19-21H2,1-4H3/t22-,24-,29-,30-,31-,32-,33-,34+,35+,36-,37-,38-,39+,41+,42-,43-/m0/s1. The zero-order valence-electron chi connectivity index (χ0n) is 31.4. The third-order valence-corrected chi connectivity index (χ3v) is 17.5. The number of rotatable bonds is 3. The van der Waals surface area contributed by atoms with E-state index in [4.69, 9.17) is 4.74 Å². The number of phenolic OH excluding ortho intramolecular Hbond substituents is 2. The Labute approximate surface area is 311 Å². The first-order valence-corrected chi connectivity index (χ1v) is 20.1. The first kappa shape index (κ1) is 36.3. The normalized spacial score (nSPS) is 53.3. The topological polar surface area (TPSA) is 188 Å². The Kier molecular flexibility index (Phi) is 7.66. The number of aromatic hydroxyl groups is 2. The summed E-state index contributed by atoms with van der Waals surface area (Å²) in [5.74, 6) is -3.96. The van der Waals surface area contributed by atoms with Crippen molar-refractivity contribution in [3.05, 3.63) is 47.6 Å². The molecule has 1 aromatic carbocycles. The van der Waals surface area contributed by atoms with E-state index in [1.807, 2.05) is 20.8 Å². The molecular formula is C43H58O10. The van der Waals surface area contributed by atoms with Gasteiger partial charge in [0.05, 0.1) is 30.0 Å². The second-order valence-corrected chi connectivity index (χ2v) is 19.8. The lowest BCUT2D eigenvalue weighted by atomic mass is 9.37. The van der Waals surface area contributed by atoms with Crippen molar-refractivity contribution in [1.29, 1.82) is 0 Å². The molecule has 10 rings (SSSR count). The molecule has 0 unspecified atom stereocenters. The van der Waals surface area contributed by atoms with Crippen LogP contribution in [-0.4, -0.2) is 94.5 Å². The number of aliphatic hydroxyl groups is 6. The molecular weight excluding hydrogens is 676 g/mol. The zero-order valence-corrected chi connectivity index (χ0v) is 31.4. The number of allylic oxidation sites excluding steroid dienone is 2. The minimum atomic E-state index is -1.70. The molecule has 9 aliphatic rings. The van der Waals surface area contributed by atoms with Crippen molar-refractivity contribution in [2.24, 2.45) is 51.2 Å². The number of fused-ring (bicyclic) bond motifs is 10. The highest BCUT2D eigenvalue weighted by Crippen LogP contribution is 2.79. The van der Waals surface area contributed by atoms with E-state index in [2.05, 4.69) is 19.1 Å². The van der Waals surface area contributed by atoms with Crippen LogP contribution in [0, 0.1) is 51.2 Å². The maximum atomic E-state index is 14.8. The number of benzene rings is 1. The average Bonchev–Trinajstić information content (AvgIpc) is 3.68. The van der Waals surface area contributed by atoms with Crippen molar-refractivity contribution in [2.75, 3.05) is 6.61 Å². The Balaban J connectivity index is 1.22. The van der Waals surface area contributed by atoms with Gasteiger partial charge in [0, 0.05) is 54.6 Å². The van der Waals surface area contributed by atoms with Gasteiger partial charge in [0.15, 0.2) is 5.78 Å². The van der Waals surface area contributed by atoms with Crippen LogP contribution in [0.15, 0.2) is 42.0 Å². The summed E-state index contributed by atoms with van der Waals surface area (Å²) in [6, 6.07) is 4.07. The third-order valence-electron chi connectivity index (χ3n) is 17.5. The minimum Gasteiger partial charge on any atom is -0.508 e. The van der Waals surface area contributed by atoms with Crippen molar-refractivity contribution in [3.63, 3.8) is 0 Å². The second kappa shape index (κ2) is 11.2. The summed E-state index contributed by atoms with van der Waals surface area (Å²) in [6.45, 7) is 7.90. The fraction of sp³-hybridized carbons (Fsp3) is 0.744. The van der Waals surface area contributed by atoms with E-state index in [0.29, 0.717) is 17.6 Å². The minimum absolute atomic E-state index is 0.0264. The molecule has 8 aliphatic carbocycles. The Hall–Kier alpha value is -2.31. The molecule has 0 radical (unpaired) electrons. The molecule has 2 bridgehead atoms. The van der Waals surface area contributed by atoms with Gasteiger partial charge in [0.25, 0.3) is 0 Å². The van der Waals surface area contributed by atoms with Gasteiger partial charge in [-0.2, -0.15) is 0 Å². The summed E-state index contributed by atoms with van der Waals surface area (Å²) < 4.78 is 7.21. The molecule has 1 aliphatic heterocycles. The fourth-order valence-electron chi connectivity index (χ4n) is 15.5. The molecule has 290 valence electrons. The van der Waals surface area contributed by atoms with Gasteiger partial charge in [-0.05, 0) is 96.0 Å². The maximum Gasteiger partial charge on any atom is 0.160 e. The molecule has 16 atom stereocenters. The summed E-state index contributed by atoms with van der Waals surface area (Å²) >= 11 is 0. The molecule has 0 amide bonds. The van der Waals surface area contributed by atoms with Gasteiger partial charge in [-0.25, -0.2) is 0 Å². The summed E-state index contributed by atoms with van der Waals surface area (Å²) in [5, 5.41) is 94.2. The van der Waals surface area contributed by atoms with E-state index in [9.17, 15) is 45.6 Å². The van der Waals surface area contributed by atoms with Crippen molar-refractivity contribution >= 4 is 5.78 Å². The van der Waals surface area contributed by atoms with Crippen molar-refractivity contribution in [3.8, 4) is 11.5 Å². The SMILES string of the molecule is C[C@H]1[C@H](O)[C@@]2(O[C@H]3C[C@]4(O)C5=CC(=O)[C@H]6[C@H](c7cc(O)cc(O)c7)[C@@H](O)[C@@H](O)C[C@]6(C)[C@@H]5C5(CCCC5)C[C@]4(C)[C@@H]3[C@]2(O)CCO)[C@H]2C=C[C@@]1(C)CC2. The smallest absolute Gasteiger partial charge is 0.160 e. The molecule has 1 heterocycles. The molecule has 53 heavy (non-hydrogen) atoms. The molecule has 2 spiro atoms. The highest BCUT2D eigenvalue weighted by Gasteiger charge is 2.83. The van der Waals surface area contributed by atoms with Crippen LogP contribution >= 0.6 is 0 Å². The van der Waals surface area contributed by atoms with Crippen LogP contribution in [0.2, 0.25) is 0 Å². The number of carbonyl (C=O) groups excluding carboxylic acids is 1. The van der Waals surface area contributed by atoms with Crippen molar-refractivity contribution in [2.45, 2.75) is 139 Å². The molecule has 1 aromatic rings. The van der Waals surface area contributed by atoms with Gasteiger partial charge in [-0.15, -0.1) is 0 Å². The van der Waals surface area contributed by atoms with E-state index in [1.165, 1.54) is 18.2 Å². The Morgan fingerprint density at radius 2 is 1.62 bits per heavy atom. The van der Waals surface area contributed by atoms with E-state index in [1.54, 1.807) is 6.08 Å². The second-order valence-electron chi connectivity index (χ2n) is 19.8. The summed E-state index contributed by atoms with van der Waals surface area (Å²) in [4.78, 5) is 14.8. The highest BCUT2D eigenvalue weighted by atomic mass is 16.6. The average molecular weight is 735 g/mol. The number of hydrogen-bond donors (Lipinski definition) is 8. The summed E-state index contributed by atoms with van der Waals surface area (Å²) in [5.41, 5.74) is -6.33. The largest absolute Gasteiger partial charge is 0.508 e. The number of aliphatic hydroxyl groups excluding tert-OH is 4. The van der Waals surface area contributed by atoms with Crippen LogP contribution < -0.4 is 0 Å². The number of carbonyl (C=O) groups is 1. The zero-order chi connectivity index (χ0) is 37.9. The van der Waals surface area contributed by atoms with Gasteiger partial charge in [0.1, 0.15) is 22.7 Å². The Morgan fingerprint density at radius 3 is 2.25 bits per heavy atom. The van der Waals surface area contributed by atoms with Crippen LogP contribution in [0.4, 0.5) is 0 Å². The predicted molar refractivity (Wildman–Crippen MR) is 193 cm³/mol. The molecule has 8 N–H and O–H groups in total. The fourth-order valence-corrected chi connectivity index (χ4v) is 15.5. The third kappa shape index (κ3) is 4.22. The van der Waals surface area contributed by atoms with Gasteiger partial charge >= 0.3 is 0 Å². The van der Waals surface area contributed by atoms with Gasteiger partial charge in [-0.1, -0.05) is 52.7 Å². The molecule has 0 aromatic heterocycles. The van der Waals surface area contributed by atoms with Gasteiger partial charge in [-0.3, -0.25) is 4.79 Å². The van der Waals surface area contributed by atoms with Crippen LogP contribution in [0.25, 0.3) is 0 Å². The Bertz CT molecular complexity index is 1760. The summed E-state index contributed by atoms with van der Waals surface area (Å²) in [6.07, 6.45) is 7.48. The van der Waals surface area contributed by atoms with Crippen LogP contribution in [0.3, 0.4) is 0 Å². The Morgan fingerprint density at radius 1 is 0.943 bits per heavy atom. The van der Waals surface area contributed by atoms with Crippen molar-refractivity contribution < 1.29 is 50.4 Å². The highest BCUT2D eigenvalue weighted by molar-refractivity contribution is 5.96. The number of hydrogen-bond acceptors (Lipinski definition) is 10. The number of phenols is 2. The predicted octanol–water partition coefficient (Wildman–Crippen LogP) is 4.01. The number of ether oxygens (including phenoxy) is 1. The molecule has 5 saturated carbocycles. The lowest BCUT2D eigenvalue weighted by molar-refractivity contribution is -0.251. The van der Waals surface area contributed by atoms with Gasteiger partial charge in [0.2, 0.25) is 0 Å². The first-order valence-electron chi connectivity index (χ1n) is 20.1. The first-order chi connectivity index (χ1) is 24.9. The quantitative estimate of drug-likeness (QED) is 0.211. The lowest BCUT2D eigenvalue weighted by Crippen LogP contribution is -2.71. The van der Waals surface area contributed by atoms with E-state index in [-0.39, 0.29) is 66.3 Å². The van der Waals surface area contributed by atoms with E-state index in [0.717, 1.165) is 38.5 Å². The molecule has 10 heteroatoms. The molecule has 1 saturated heterocycles. The molecule has 6 fully saturated rings. The summed E-state index contributed by atoms with van der Waals surface area (Å²) in [7, 11) is 0. The van der Waals surface area contributed by atoms with Crippen LogP contribution in [-0.2, 0) is 9.53 Å². The number of ketones is 1.